The highest BCUT2D eigenvalue weighted by molar-refractivity contribution is 5.28. The van der Waals surface area contributed by atoms with Gasteiger partial charge >= 0.3 is 0 Å². The molecular formula is C13H17N3. The number of benzene rings is 1. The van der Waals surface area contributed by atoms with Crippen molar-refractivity contribution in [3.05, 3.63) is 53.1 Å². The summed E-state index contributed by atoms with van der Waals surface area (Å²) in [6.45, 7) is 5.60. The normalized spacial score (nSPS) is 10.7. The van der Waals surface area contributed by atoms with Crippen LogP contribution in [0.4, 0.5) is 0 Å². The predicted octanol–water partition coefficient (Wildman–Crippen LogP) is 2.01. The molecular weight excluding hydrogens is 198 g/mol. The van der Waals surface area contributed by atoms with E-state index in [9.17, 15) is 0 Å². The molecule has 3 heteroatoms. The fourth-order valence-corrected chi connectivity index (χ4v) is 1.97. The average Bonchev–Trinajstić information content (AvgIpc) is 2.64. The van der Waals surface area contributed by atoms with E-state index in [1.807, 2.05) is 12.5 Å². The van der Waals surface area contributed by atoms with E-state index < -0.39 is 0 Å². The molecule has 2 rings (SSSR count). The Bertz CT molecular complexity index is 465. The van der Waals surface area contributed by atoms with Gasteiger partial charge in [0.25, 0.3) is 0 Å². The maximum atomic E-state index is 5.53. The highest BCUT2D eigenvalue weighted by Crippen LogP contribution is 2.10. The quantitative estimate of drug-likeness (QED) is 0.851. The molecule has 2 aromatic rings. The Morgan fingerprint density at radius 3 is 2.44 bits per heavy atom. The summed E-state index contributed by atoms with van der Waals surface area (Å²) in [4.78, 5) is 4.21. The number of nitrogens with two attached hydrogens (primary N) is 1. The Kier molecular flexibility index (Phi) is 3.06. The lowest BCUT2D eigenvalue weighted by atomic mass is 10.1. The van der Waals surface area contributed by atoms with Crippen LogP contribution in [0.15, 0.2) is 30.7 Å². The third-order valence-electron chi connectivity index (χ3n) is 2.54. The number of hydrogen-bond donors (Lipinski definition) is 1. The smallest absolute Gasteiger partial charge is 0.0953 e. The molecule has 0 aliphatic rings. The lowest BCUT2D eigenvalue weighted by molar-refractivity contribution is 0.794. The molecule has 0 unspecified atom stereocenters. The van der Waals surface area contributed by atoms with Crippen molar-refractivity contribution in [2.45, 2.75) is 26.9 Å². The predicted molar refractivity (Wildman–Crippen MR) is 65.1 cm³/mol. The average molecular weight is 215 g/mol. The van der Waals surface area contributed by atoms with E-state index in [1.165, 1.54) is 16.7 Å². The third-order valence-corrected chi connectivity index (χ3v) is 2.54. The first-order chi connectivity index (χ1) is 7.67. The lowest BCUT2D eigenvalue weighted by Crippen LogP contribution is -1.98. The molecule has 1 heterocycles. The molecule has 0 aliphatic carbocycles. The summed E-state index contributed by atoms with van der Waals surface area (Å²) in [6.07, 6.45) is 3.83. The molecule has 0 fully saturated rings. The Morgan fingerprint density at radius 2 is 1.88 bits per heavy atom. The Balaban J connectivity index is 2.19. The number of aryl methyl sites for hydroxylation is 2. The zero-order chi connectivity index (χ0) is 11.5. The van der Waals surface area contributed by atoms with E-state index >= 15 is 0 Å². The van der Waals surface area contributed by atoms with Crippen molar-refractivity contribution in [2.75, 3.05) is 0 Å². The maximum Gasteiger partial charge on any atom is 0.0953 e. The standard InChI is InChI=1S/C13H17N3/c1-10-3-11(2)5-12(4-10)7-16-8-13(6-14)15-9-16/h3-5,8-9H,6-7,14H2,1-2H3. The van der Waals surface area contributed by atoms with E-state index in [4.69, 9.17) is 5.73 Å². The van der Waals surface area contributed by atoms with E-state index in [-0.39, 0.29) is 0 Å². The minimum Gasteiger partial charge on any atom is -0.333 e. The highest BCUT2D eigenvalue weighted by atomic mass is 15.0. The van der Waals surface area contributed by atoms with Gasteiger partial charge in [-0.05, 0) is 19.4 Å². The molecule has 2 N–H and O–H groups in total. The van der Waals surface area contributed by atoms with Gasteiger partial charge in [-0.3, -0.25) is 0 Å². The van der Waals surface area contributed by atoms with Gasteiger partial charge in [0.15, 0.2) is 0 Å². The Hall–Kier alpha value is -1.61. The molecule has 0 saturated heterocycles. The van der Waals surface area contributed by atoms with Crippen molar-refractivity contribution in [1.29, 1.82) is 0 Å². The van der Waals surface area contributed by atoms with Gasteiger partial charge in [-0.15, -0.1) is 0 Å². The summed E-state index contributed by atoms with van der Waals surface area (Å²) in [6, 6.07) is 6.59. The van der Waals surface area contributed by atoms with Crippen LogP contribution in [-0.4, -0.2) is 9.55 Å². The van der Waals surface area contributed by atoms with E-state index in [0.29, 0.717) is 6.54 Å². The summed E-state index contributed by atoms with van der Waals surface area (Å²) in [5.74, 6) is 0. The highest BCUT2D eigenvalue weighted by Gasteiger charge is 1.99. The van der Waals surface area contributed by atoms with Crippen molar-refractivity contribution in [3.63, 3.8) is 0 Å². The molecule has 16 heavy (non-hydrogen) atoms. The molecule has 0 aliphatic heterocycles. The summed E-state index contributed by atoms with van der Waals surface area (Å²) in [5, 5.41) is 0. The number of aromatic nitrogens is 2. The molecule has 1 aromatic carbocycles. The molecule has 1 aromatic heterocycles. The topological polar surface area (TPSA) is 43.8 Å². The third kappa shape index (κ3) is 2.49. The van der Waals surface area contributed by atoms with Gasteiger partial charge < -0.3 is 10.3 Å². The first kappa shape index (κ1) is 10.9. The Labute approximate surface area is 95.9 Å². The fraction of sp³-hybridized carbons (Fsp3) is 0.308. The number of imidazole rings is 1. The van der Waals surface area contributed by atoms with Crippen molar-refractivity contribution >= 4 is 0 Å². The summed E-state index contributed by atoms with van der Waals surface area (Å²) in [7, 11) is 0. The first-order valence-electron chi connectivity index (χ1n) is 5.45. The molecule has 0 bridgehead atoms. The largest absolute Gasteiger partial charge is 0.333 e. The van der Waals surface area contributed by atoms with Crippen LogP contribution in [0, 0.1) is 13.8 Å². The molecule has 0 spiro atoms. The zero-order valence-corrected chi connectivity index (χ0v) is 9.77. The molecule has 84 valence electrons. The van der Waals surface area contributed by atoms with Gasteiger partial charge in [0.05, 0.1) is 12.0 Å². The Morgan fingerprint density at radius 1 is 1.19 bits per heavy atom. The molecule has 0 atom stereocenters. The van der Waals surface area contributed by atoms with Gasteiger partial charge in [-0.2, -0.15) is 0 Å². The second-order valence-electron chi connectivity index (χ2n) is 4.24. The van der Waals surface area contributed by atoms with Crippen LogP contribution < -0.4 is 5.73 Å². The van der Waals surface area contributed by atoms with Crippen LogP contribution in [0.2, 0.25) is 0 Å². The van der Waals surface area contributed by atoms with Crippen molar-refractivity contribution < 1.29 is 0 Å². The number of rotatable bonds is 3. The van der Waals surface area contributed by atoms with Crippen molar-refractivity contribution in [1.82, 2.24) is 9.55 Å². The number of hydrogen-bond acceptors (Lipinski definition) is 2. The summed E-state index contributed by atoms with van der Waals surface area (Å²) < 4.78 is 2.07. The second kappa shape index (κ2) is 4.49. The SMILES string of the molecule is Cc1cc(C)cc(Cn2cnc(CN)c2)c1. The second-order valence-corrected chi connectivity index (χ2v) is 4.24. The van der Waals surface area contributed by atoms with Gasteiger partial charge in [0, 0.05) is 19.3 Å². The van der Waals surface area contributed by atoms with E-state index in [0.717, 1.165) is 12.2 Å². The van der Waals surface area contributed by atoms with Crippen LogP contribution in [0.1, 0.15) is 22.4 Å². The van der Waals surface area contributed by atoms with Crippen LogP contribution in [-0.2, 0) is 13.1 Å². The van der Waals surface area contributed by atoms with Crippen LogP contribution in [0.3, 0.4) is 0 Å². The minimum atomic E-state index is 0.500. The molecule has 0 amide bonds. The molecule has 0 radical (unpaired) electrons. The monoisotopic (exact) mass is 215 g/mol. The van der Waals surface area contributed by atoms with Gasteiger partial charge in [-0.1, -0.05) is 29.3 Å². The zero-order valence-electron chi connectivity index (χ0n) is 9.77. The lowest BCUT2D eigenvalue weighted by Gasteiger charge is -2.05. The van der Waals surface area contributed by atoms with Crippen molar-refractivity contribution in [2.24, 2.45) is 5.73 Å². The van der Waals surface area contributed by atoms with E-state index in [2.05, 4.69) is 41.6 Å². The first-order valence-corrected chi connectivity index (χ1v) is 5.45. The summed E-state index contributed by atoms with van der Waals surface area (Å²) >= 11 is 0. The van der Waals surface area contributed by atoms with Gasteiger partial charge in [-0.25, -0.2) is 4.98 Å². The summed E-state index contributed by atoms with van der Waals surface area (Å²) in [5.41, 5.74) is 10.4. The van der Waals surface area contributed by atoms with Gasteiger partial charge in [0.1, 0.15) is 0 Å². The molecule has 3 nitrogen and oxygen atoms in total. The van der Waals surface area contributed by atoms with Crippen LogP contribution >= 0.6 is 0 Å². The maximum absolute atomic E-state index is 5.53. The van der Waals surface area contributed by atoms with Crippen molar-refractivity contribution in [3.8, 4) is 0 Å². The fourth-order valence-electron chi connectivity index (χ4n) is 1.97. The van der Waals surface area contributed by atoms with Crippen LogP contribution in [0.25, 0.3) is 0 Å². The minimum absolute atomic E-state index is 0.500. The van der Waals surface area contributed by atoms with Crippen LogP contribution in [0.5, 0.6) is 0 Å². The number of nitrogens with zero attached hydrogens (tertiary/aromatic N) is 2. The molecule has 0 saturated carbocycles. The van der Waals surface area contributed by atoms with E-state index in [1.54, 1.807) is 0 Å². The van der Waals surface area contributed by atoms with Gasteiger partial charge in [0.2, 0.25) is 0 Å².